The van der Waals surface area contributed by atoms with Gasteiger partial charge in [0.2, 0.25) is 5.91 Å². The summed E-state index contributed by atoms with van der Waals surface area (Å²) in [7, 11) is -3.39. The van der Waals surface area contributed by atoms with Crippen molar-refractivity contribution in [3.63, 3.8) is 0 Å². The second kappa shape index (κ2) is 6.30. The molecule has 4 heteroatoms. The number of hydrogen-bond donors (Lipinski definition) is 1. The molecule has 1 aliphatic heterocycles. The summed E-state index contributed by atoms with van der Waals surface area (Å²) in [6.45, 7) is 21.3. The van der Waals surface area contributed by atoms with Crippen LogP contribution in [-0.4, -0.2) is 21.1 Å². The average molecular weight is 434 g/mol. The Balaban J connectivity index is 2.15. The Morgan fingerprint density at radius 2 is 1.63 bits per heavy atom. The molecule has 158 valence electrons. The van der Waals surface area contributed by atoms with Gasteiger partial charge in [-0.25, -0.2) is 0 Å². The van der Waals surface area contributed by atoms with Crippen molar-refractivity contribution in [1.29, 1.82) is 0 Å². The summed E-state index contributed by atoms with van der Waals surface area (Å²) < 4.78 is 0. The molecule has 1 aliphatic carbocycles. The maximum Gasteiger partial charge on any atom is 0.249 e. The highest BCUT2D eigenvalue weighted by Gasteiger charge is 2.53. The van der Waals surface area contributed by atoms with Gasteiger partial charge in [0.25, 0.3) is 0 Å². The molecule has 2 aliphatic rings. The van der Waals surface area contributed by atoms with Crippen molar-refractivity contribution < 1.29 is 4.79 Å². The molecule has 2 aromatic rings. The summed E-state index contributed by atoms with van der Waals surface area (Å²) in [5, 5.41) is 2.94. The number of hydrogen-bond acceptors (Lipinski definition) is 1. The van der Waals surface area contributed by atoms with Crippen LogP contribution in [0.15, 0.2) is 23.8 Å². The van der Waals surface area contributed by atoms with Crippen molar-refractivity contribution in [2.24, 2.45) is 5.73 Å². The molecule has 4 rings (SSSR count). The average Bonchev–Trinajstić information content (AvgIpc) is 3.01. The third-order valence-electron chi connectivity index (χ3n) is 7.99. The number of primary amides is 1. The van der Waals surface area contributed by atoms with Gasteiger partial charge in [0, 0.05) is 5.56 Å². The number of allylic oxidation sites excluding steroid dienone is 1. The molecular weight excluding hydrogens is 398 g/mol. The lowest BCUT2D eigenvalue weighted by Gasteiger charge is -2.33. The highest BCUT2D eigenvalue weighted by atomic mass is 29.3. The fourth-order valence-electron chi connectivity index (χ4n) is 5.61. The smallest absolute Gasteiger partial charge is 0.249 e. The van der Waals surface area contributed by atoms with Crippen LogP contribution >= 0.6 is 0 Å². The molecule has 0 spiro atoms. The van der Waals surface area contributed by atoms with Gasteiger partial charge in [-0.15, -0.1) is 0 Å². The predicted octanol–water partition coefficient (Wildman–Crippen LogP) is 4.94. The van der Waals surface area contributed by atoms with Crippen LogP contribution < -0.4 is 16.1 Å². The van der Waals surface area contributed by atoms with Crippen LogP contribution in [0.2, 0.25) is 26.2 Å². The van der Waals surface area contributed by atoms with Crippen molar-refractivity contribution in [2.75, 3.05) is 0 Å². The topological polar surface area (TPSA) is 43.1 Å². The van der Waals surface area contributed by atoms with Gasteiger partial charge in [-0.1, -0.05) is 86.7 Å². The molecule has 1 amide bonds. The first kappa shape index (κ1) is 21.3. The van der Waals surface area contributed by atoms with Crippen molar-refractivity contribution in [2.45, 2.75) is 72.6 Å². The molecular formula is C26H35NOSi2. The van der Waals surface area contributed by atoms with Gasteiger partial charge in [0.1, 0.15) is 0 Å². The molecule has 1 heterocycles. The second-order valence-electron chi connectivity index (χ2n) is 11.5. The van der Waals surface area contributed by atoms with Crippen LogP contribution in [0.3, 0.4) is 0 Å². The first-order chi connectivity index (χ1) is 13.7. The van der Waals surface area contributed by atoms with Crippen molar-refractivity contribution >= 4 is 37.5 Å². The summed E-state index contributed by atoms with van der Waals surface area (Å²) in [6.07, 6.45) is 3.27. The fourth-order valence-corrected chi connectivity index (χ4v) is 16.2. The number of carbonyl (C=O) groups excluding carboxylic acids is 1. The van der Waals surface area contributed by atoms with Crippen LogP contribution in [0, 0.1) is 6.92 Å². The van der Waals surface area contributed by atoms with E-state index in [4.69, 9.17) is 5.73 Å². The molecule has 0 saturated carbocycles. The Morgan fingerprint density at radius 3 is 2.20 bits per heavy atom. The van der Waals surface area contributed by atoms with E-state index in [0.717, 1.165) is 17.5 Å². The van der Waals surface area contributed by atoms with E-state index in [0.29, 0.717) is 0 Å². The second-order valence-corrected chi connectivity index (χ2v) is 26.5. The van der Waals surface area contributed by atoms with Crippen LogP contribution in [0.4, 0.5) is 0 Å². The number of nitrogens with two attached hydrogens (primary N) is 1. The largest absolute Gasteiger partial charge is 0.366 e. The summed E-state index contributed by atoms with van der Waals surface area (Å²) >= 11 is 0. The standard InChI is InChI=1S/C26H35NOSi2/c1-15-10-17-12-18(26(3,4)5)13-20(19(17)11-15)23-21(25(27)28)14-22-16(2)24(23)30(8,9)29(22,6)7/h10,12-14H,11H2,1-9H3,(H2,27,28). The first-order valence-corrected chi connectivity index (χ1v) is 18.0. The van der Waals surface area contributed by atoms with E-state index in [1.54, 1.807) is 0 Å². The third-order valence-corrected chi connectivity index (χ3v) is 25.8. The lowest BCUT2D eigenvalue weighted by atomic mass is 9.81. The molecule has 0 atom stereocenters. The van der Waals surface area contributed by atoms with E-state index in [9.17, 15) is 4.79 Å². The fraction of sp³-hybridized carbons (Fsp3) is 0.423. The van der Waals surface area contributed by atoms with Crippen molar-refractivity contribution in [1.82, 2.24) is 0 Å². The minimum atomic E-state index is -1.74. The van der Waals surface area contributed by atoms with E-state index >= 15 is 0 Å². The maximum atomic E-state index is 12.7. The van der Waals surface area contributed by atoms with E-state index < -0.39 is 15.2 Å². The van der Waals surface area contributed by atoms with Crippen LogP contribution in [0.1, 0.15) is 60.3 Å². The Labute approximate surface area is 183 Å². The van der Waals surface area contributed by atoms with Gasteiger partial charge < -0.3 is 5.73 Å². The van der Waals surface area contributed by atoms with E-state index in [2.05, 4.69) is 85.1 Å². The van der Waals surface area contributed by atoms with E-state index in [1.807, 2.05) is 0 Å². The number of fused-ring (bicyclic) bond motifs is 3. The van der Waals surface area contributed by atoms with Gasteiger partial charge in [0.15, 0.2) is 0 Å². The SMILES string of the molecule is CC1=Cc2cc(C(C)(C)C)cc(-c3c(C(N)=O)cc4c(C)c3[Si](C)(C)[Si]4(C)C)c2C1. The highest BCUT2D eigenvalue weighted by molar-refractivity contribution is 7.52. The third kappa shape index (κ3) is 2.76. The molecule has 2 N–H and O–H groups in total. The summed E-state index contributed by atoms with van der Waals surface area (Å²) in [5.74, 6) is -0.290. The quantitative estimate of drug-likeness (QED) is 0.670. The Kier molecular flexibility index (Phi) is 4.48. The molecule has 0 saturated heterocycles. The number of benzene rings is 2. The molecule has 2 bridgehead atoms. The minimum absolute atomic E-state index is 0.0390. The number of rotatable bonds is 2. The molecule has 30 heavy (non-hydrogen) atoms. The van der Waals surface area contributed by atoms with Gasteiger partial charge in [-0.3, -0.25) is 4.79 Å². The zero-order valence-electron chi connectivity index (χ0n) is 20.0. The Morgan fingerprint density at radius 1 is 1.00 bits per heavy atom. The van der Waals surface area contributed by atoms with Crippen LogP contribution in [0.25, 0.3) is 17.2 Å². The molecule has 0 radical (unpaired) electrons. The Hall–Kier alpha value is -1.92. The zero-order chi connectivity index (χ0) is 22.4. The van der Waals surface area contributed by atoms with Crippen molar-refractivity contribution in [3.05, 3.63) is 51.6 Å². The first-order valence-electron chi connectivity index (χ1n) is 11.0. The van der Waals surface area contributed by atoms with Crippen LogP contribution in [-0.2, 0) is 11.8 Å². The van der Waals surface area contributed by atoms with Crippen LogP contribution in [0.5, 0.6) is 0 Å². The summed E-state index contributed by atoms with van der Waals surface area (Å²) in [5.41, 5.74) is 16.0. The summed E-state index contributed by atoms with van der Waals surface area (Å²) in [4.78, 5) is 12.7. The lowest BCUT2D eigenvalue weighted by Crippen LogP contribution is -2.63. The minimum Gasteiger partial charge on any atom is -0.366 e. The molecule has 2 aromatic carbocycles. The maximum absolute atomic E-state index is 12.7. The Bertz CT molecular complexity index is 1150. The predicted molar refractivity (Wildman–Crippen MR) is 135 cm³/mol. The lowest BCUT2D eigenvalue weighted by molar-refractivity contribution is 0.100. The highest BCUT2D eigenvalue weighted by Crippen LogP contribution is 2.42. The molecule has 0 unspecified atom stereocenters. The van der Waals surface area contributed by atoms with E-state index in [1.165, 1.54) is 43.8 Å². The zero-order valence-corrected chi connectivity index (χ0v) is 22.0. The van der Waals surface area contributed by atoms with Gasteiger partial charge >= 0.3 is 0 Å². The molecule has 2 nitrogen and oxygen atoms in total. The van der Waals surface area contributed by atoms with Crippen molar-refractivity contribution in [3.8, 4) is 11.1 Å². The van der Waals surface area contributed by atoms with Gasteiger partial charge in [-0.2, -0.15) is 0 Å². The number of carbonyl (C=O) groups is 1. The number of amides is 1. The molecule has 0 fully saturated rings. The summed E-state index contributed by atoms with van der Waals surface area (Å²) in [6, 6.07) is 6.89. The van der Waals surface area contributed by atoms with E-state index in [-0.39, 0.29) is 11.3 Å². The molecule has 0 aromatic heterocycles. The monoisotopic (exact) mass is 433 g/mol. The van der Waals surface area contributed by atoms with Gasteiger partial charge in [0.05, 0.1) is 15.2 Å². The van der Waals surface area contributed by atoms with Gasteiger partial charge in [-0.05, 0) is 59.6 Å². The normalized spacial score (nSPS) is 18.4.